The summed E-state index contributed by atoms with van der Waals surface area (Å²) in [6.07, 6.45) is 1.64. The van der Waals surface area contributed by atoms with Crippen molar-refractivity contribution >= 4 is 16.8 Å². The number of fused-ring (bicyclic) bond motifs is 1. The molecule has 2 aromatic rings. The Morgan fingerprint density at radius 2 is 2.38 bits per heavy atom. The molecule has 0 fully saturated rings. The number of amides is 1. The van der Waals surface area contributed by atoms with Crippen molar-refractivity contribution in [2.75, 3.05) is 0 Å². The number of nitrogens with two attached hydrogens (primary N) is 1. The van der Waals surface area contributed by atoms with E-state index in [0.29, 0.717) is 5.52 Å². The molecule has 5 nitrogen and oxygen atoms in total. The number of H-pyrrole nitrogens is 1. The van der Waals surface area contributed by atoms with Crippen molar-refractivity contribution in [2.24, 2.45) is 5.73 Å². The second-order valence-corrected chi connectivity index (χ2v) is 2.81. The molecule has 0 spiro atoms. The number of aromatic nitrogens is 3. The maximum atomic E-state index is 11.0. The van der Waals surface area contributed by atoms with Gasteiger partial charge in [-0.05, 0) is 13.0 Å². The molecule has 3 N–H and O–H groups in total. The van der Waals surface area contributed by atoms with E-state index in [1.54, 1.807) is 13.1 Å². The van der Waals surface area contributed by atoms with E-state index in [1.807, 2.05) is 6.07 Å². The molecule has 0 radical (unpaired) electrons. The molecule has 2 heterocycles. The Morgan fingerprint density at radius 3 is 3.08 bits per heavy atom. The highest BCUT2D eigenvalue weighted by Gasteiger charge is 2.10. The molecule has 0 aromatic carbocycles. The van der Waals surface area contributed by atoms with Gasteiger partial charge in [0.25, 0.3) is 5.91 Å². The minimum atomic E-state index is -0.544. The van der Waals surface area contributed by atoms with Crippen molar-refractivity contribution in [1.82, 2.24) is 15.2 Å². The van der Waals surface area contributed by atoms with E-state index in [9.17, 15) is 4.79 Å². The molecule has 0 atom stereocenters. The number of rotatable bonds is 1. The van der Waals surface area contributed by atoms with Gasteiger partial charge in [0, 0.05) is 11.1 Å². The molecule has 0 aliphatic heterocycles. The molecule has 2 aromatic heterocycles. The predicted molar refractivity (Wildman–Crippen MR) is 47.1 cm³/mol. The van der Waals surface area contributed by atoms with Crippen molar-refractivity contribution in [3.8, 4) is 0 Å². The Morgan fingerprint density at radius 1 is 1.62 bits per heavy atom. The fraction of sp³-hybridized carbons (Fsp3) is 0.125. The number of aryl methyl sites for hydroxylation is 1. The predicted octanol–water partition coefficient (Wildman–Crippen LogP) is 0.365. The highest BCUT2D eigenvalue weighted by atomic mass is 16.1. The second-order valence-electron chi connectivity index (χ2n) is 2.81. The molecule has 2 rings (SSSR count). The molecule has 1 amide bonds. The standard InChI is InChI=1S/C8H8N4O/c1-4-2-5-3-10-12-6(5)7(11-4)8(9)13/h2-3H,1H3,(H2,9,13)(H,10,12). The molecule has 0 bridgehead atoms. The minimum absolute atomic E-state index is 0.243. The van der Waals surface area contributed by atoms with Gasteiger partial charge in [0.15, 0.2) is 5.69 Å². The van der Waals surface area contributed by atoms with E-state index in [2.05, 4.69) is 15.2 Å². The van der Waals surface area contributed by atoms with Gasteiger partial charge < -0.3 is 5.73 Å². The van der Waals surface area contributed by atoms with Crippen LogP contribution in [0.3, 0.4) is 0 Å². The minimum Gasteiger partial charge on any atom is -0.364 e. The Bertz CT molecular complexity index is 474. The van der Waals surface area contributed by atoms with E-state index in [-0.39, 0.29) is 5.69 Å². The topological polar surface area (TPSA) is 84.7 Å². The number of nitrogens with zero attached hydrogens (tertiary/aromatic N) is 2. The lowest BCUT2D eigenvalue weighted by Gasteiger charge is -1.98. The number of carbonyl (C=O) groups excluding carboxylic acids is 1. The molecular weight excluding hydrogens is 168 g/mol. The first-order valence-electron chi connectivity index (χ1n) is 3.79. The summed E-state index contributed by atoms with van der Waals surface area (Å²) >= 11 is 0. The van der Waals surface area contributed by atoms with Crippen molar-refractivity contribution in [2.45, 2.75) is 6.92 Å². The normalized spacial score (nSPS) is 10.5. The lowest BCUT2D eigenvalue weighted by molar-refractivity contribution is 0.0997. The summed E-state index contributed by atoms with van der Waals surface area (Å²) < 4.78 is 0. The number of carbonyl (C=O) groups is 1. The molecule has 0 aliphatic rings. The van der Waals surface area contributed by atoms with Gasteiger partial charge in [-0.2, -0.15) is 5.10 Å². The number of hydrogen-bond acceptors (Lipinski definition) is 3. The molecule has 5 heteroatoms. The van der Waals surface area contributed by atoms with Crippen LogP contribution in [-0.4, -0.2) is 21.1 Å². The van der Waals surface area contributed by atoms with Crippen molar-refractivity contribution in [3.63, 3.8) is 0 Å². The van der Waals surface area contributed by atoms with Crippen molar-refractivity contribution in [1.29, 1.82) is 0 Å². The van der Waals surface area contributed by atoms with Gasteiger partial charge in [-0.1, -0.05) is 0 Å². The van der Waals surface area contributed by atoms with Crippen LogP contribution in [0.4, 0.5) is 0 Å². The summed E-state index contributed by atoms with van der Waals surface area (Å²) in [7, 11) is 0. The van der Waals surface area contributed by atoms with Crippen LogP contribution in [0.5, 0.6) is 0 Å². The van der Waals surface area contributed by atoms with Gasteiger partial charge in [0.05, 0.1) is 11.7 Å². The van der Waals surface area contributed by atoms with Gasteiger partial charge in [-0.15, -0.1) is 0 Å². The molecule has 0 saturated heterocycles. The Balaban J connectivity index is 2.84. The number of nitrogens with one attached hydrogen (secondary N) is 1. The van der Waals surface area contributed by atoms with E-state index in [4.69, 9.17) is 5.73 Å². The number of hydrogen-bond donors (Lipinski definition) is 2. The third-order valence-electron chi connectivity index (χ3n) is 1.79. The number of primary amides is 1. The molecular formula is C8H8N4O. The maximum Gasteiger partial charge on any atom is 0.269 e. The monoisotopic (exact) mass is 176 g/mol. The van der Waals surface area contributed by atoms with Crippen molar-refractivity contribution < 1.29 is 4.79 Å². The third kappa shape index (κ3) is 1.14. The average Bonchev–Trinajstić information content (AvgIpc) is 2.49. The van der Waals surface area contributed by atoms with Gasteiger partial charge in [0.2, 0.25) is 0 Å². The van der Waals surface area contributed by atoms with E-state index in [0.717, 1.165) is 11.1 Å². The van der Waals surface area contributed by atoms with Crippen molar-refractivity contribution in [3.05, 3.63) is 23.7 Å². The third-order valence-corrected chi connectivity index (χ3v) is 1.79. The Labute approximate surface area is 74.0 Å². The zero-order valence-corrected chi connectivity index (χ0v) is 7.03. The van der Waals surface area contributed by atoms with Crippen LogP contribution < -0.4 is 5.73 Å². The van der Waals surface area contributed by atoms with Gasteiger partial charge in [0.1, 0.15) is 0 Å². The van der Waals surface area contributed by atoms with E-state index in [1.165, 1.54) is 0 Å². The quantitative estimate of drug-likeness (QED) is 0.658. The van der Waals surface area contributed by atoms with Crippen LogP contribution in [0.25, 0.3) is 10.9 Å². The van der Waals surface area contributed by atoms with Gasteiger partial charge in [-0.25, -0.2) is 4.98 Å². The van der Waals surface area contributed by atoms with Crippen LogP contribution >= 0.6 is 0 Å². The zero-order valence-electron chi connectivity index (χ0n) is 7.03. The lowest BCUT2D eigenvalue weighted by atomic mass is 10.2. The smallest absolute Gasteiger partial charge is 0.269 e. The summed E-state index contributed by atoms with van der Waals surface area (Å²) in [4.78, 5) is 15.0. The summed E-state index contributed by atoms with van der Waals surface area (Å²) in [6, 6.07) is 1.84. The first kappa shape index (κ1) is 7.72. The SMILES string of the molecule is Cc1cc2cn[nH]c2c(C(N)=O)n1. The first-order chi connectivity index (χ1) is 6.18. The average molecular weight is 176 g/mol. The van der Waals surface area contributed by atoms with Crippen LogP contribution in [0.15, 0.2) is 12.3 Å². The van der Waals surface area contributed by atoms with E-state index < -0.39 is 5.91 Å². The summed E-state index contributed by atoms with van der Waals surface area (Å²) in [5.41, 5.74) is 6.75. The fourth-order valence-electron chi connectivity index (χ4n) is 1.26. The summed E-state index contributed by atoms with van der Waals surface area (Å²) in [5.74, 6) is -0.544. The molecule has 0 aliphatic carbocycles. The first-order valence-corrected chi connectivity index (χ1v) is 3.79. The van der Waals surface area contributed by atoms with Crippen LogP contribution in [0.2, 0.25) is 0 Å². The molecule has 0 saturated carbocycles. The van der Waals surface area contributed by atoms with Crippen LogP contribution in [0.1, 0.15) is 16.2 Å². The molecule has 0 unspecified atom stereocenters. The fourth-order valence-corrected chi connectivity index (χ4v) is 1.26. The highest BCUT2D eigenvalue weighted by Crippen LogP contribution is 2.14. The van der Waals surface area contributed by atoms with Crippen LogP contribution in [0, 0.1) is 6.92 Å². The van der Waals surface area contributed by atoms with E-state index >= 15 is 0 Å². The Kier molecular flexibility index (Phi) is 1.51. The summed E-state index contributed by atoms with van der Waals surface area (Å²) in [5, 5.41) is 7.34. The van der Waals surface area contributed by atoms with Gasteiger partial charge >= 0.3 is 0 Å². The largest absolute Gasteiger partial charge is 0.364 e. The number of pyridine rings is 1. The maximum absolute atomic E-state index is 11.0. The Hall–Kier alpha value is -1.91. The van der Waals surface area contributed by atoms with Crippen LogP contribution in [-0.2, 0) is 0 Å². The van der Waals surface area contributed by atoms with Gasteiger partial charge in [-0.3, -0.25) is 9.89 Å². The zero-order chi connectivity index (χ0) is 9.42. The second kappa shape index (κ2) is 2.55. The lowest BCUT2D eigenvalue weighted by Crippen LogP contribution is -2.14. The molecule has 13 heavy (non-hydrogen) atoms. The number of aromatic amines is 1. The molecule has 66 valence electrons. The summed E-state index contributed by atoms with van der Waals surface area (Å²) in [6.45, 7) is 1.80. The highest BCUT2D eigenvalue weighted by molar-refractivity contribution is 6.02.